The summed E-state index contributed by atoms with van der Waals surface area (Å²) >= 11 is 0. The molecule has 0 bridgehead atoms. The molecule has 2 aromatic rings. The van der Waals surface area contributed by atoms with Gasteiger partial charge in [-0.3, -0.25) is 14.4 Å². The summed E-state index contributed by atoms with van der Waals surface area (Å²) in [5.74, 6) is -1.91. The molecule has 1 heterocycles. The summed E-state index contributed by atoms with van der Waals surface area (Å²) in [5.41, 5.74) is 0.321. The van der Waals surface area contributed by atoms with Crippen molar-refractivity contribution < 1.29 is 18.8 Å². The van der Waals surface area contributed by atoms with E-state index in [1.165, 1.54) is 19.3 Å². The minimum absolute atomic E-state index is 0.0480. The van der Waals surface area contributed by atoms with Crippen molar-refractivity contribution in [1.82, 2.24) is 10.3 Å². The van der Waals surface area contributed by atoms with Crippen molar-refractivity contribution in [2.45, 2.75) is 0 Å². The maximum atomic E-state index is 13.7. The Morgan fingerprint density at radius 2 is 2.06 bits per heavy atom. The number of carbonyl (C=O) groups is 3. The zero-order chi connectivity index (χ0) is 13.3. The summed E-state index contributed by atoms with van der Waals surface area (Å²) in [6.07, 6.45) is 1.32. The molecular weight excluding hydrogens is 239 g/mol. The predicted octanol–water partition coefficient (Wildman–Crippen LogP) is 1.05. The van der Waals surface area contributed by atoms with Crippen LogP contribution in [0, 0.1) is 5.82 Å². The summed E-state index contributed by atoms with van der Waals surface area (Å²) in [7, 11) is 1.44. The second kappa shape index (κ2) is 4.40. The fourth-order valence-electron chi connectivity index (χ4n) is 1.79. The third-order valence-corrected chi connectivity index (χ3v) is 2.63. The summed E-state index contributed by atoms with van der Waals surface area (Å²) in [6.45, 7) is 0. The van der Waals surface area contributed by atoms with Crippen LogP contribution in [0.5, 0.6) is 0 Å². The number of rotatable bonds is 3. The first-order chi connectivity index (χ1) is 8.60. The number of ketones is 1. The Hall–Kier alpha value is -2.50. The van der Waals surface area contributed by atoms with Crippen molar-refractivity contribution in [3.63, 3.8) is 0 Å². The summed E-state index contributed by atoms with van der Waals surface area (Å²) < 4.78 is 13.7. The quantitative estimate of drug-likeness (QED) is 0.484. The van der Waals surface area contributed by atoms with E-state index in [1.54, 1.807) is 0 Å². The van der Waals surface area contributed by atoms with Crippen LogP contribution in [-0.4, -0.2) is 30.0 Å². The first-order valence-electron chi connectivity index (χ1n) is 5.11. The normalized spacial score (nSPS) is 10.3. The summed E-state index contributed by atoms with van der Waals surface area (Å²) in [6, 6.07) is 2.39. The molecule has 0 spiro atoms. The Bertz CT molecular complexity index is 661. The van der Waals surface area contributed by atoms with Crippen LogP contribution >= 0.6 is 0 Å². The van der Waals surface area contributed by atoms with Gasteiger partial charge >= 0.3 is 0 Å². The molecule has 6 heteroatoms. The molecule has 92 valence electrons. The van der Waals surface area contributed by atoms with E-state index in [1.807, 2.05) is 0 Å². The van der Waals surface area contributed by atoms with Gasteiger partial charge in [-0.2, -0.15) is 0 Å². The van der Waals surface area contributed by atoms with Gasteiger partial charge in [0.05, 0.1) is 16.6 Å². The van der Waals surface area contributed by atoms with E-state index in [-0.39, 0.29) is 28.3 Å². The fraction of sp³-hybridized carbons (Fsp3) is 0.0833. The lowest BCUT2D eigenvalue weighted by atomic mass is 10.1. The molecule has 0 atom stereocenters. The zero-order valence-electron chi connectivity index (χ0n) is 9.41. The summed E-state index contributed by atoms with van der Waals surface area (Å²) in [4.78, 5) is 36.0. The molecule has 1 aromatic heterocycles. The lowest BCUT2D eigenvalue weighted by molar-refractivity contribution is -0.104. The van der Waals surface area contributed by atoms with E-state index in [0.717, 1.165) is 6.07 Å². The molecular formula is C12H9FN2O3. The number of amides is 1. The monoisotopic (exact) mass is 248 g/mol. The average molecular weight is 248 g/mol. The van der Waals surface area contributed by atoms with Crippen molar-refractivity contribution in [2.75, 3.05) is 7.05 Å². The van der Waals surface area contributed by atoms with Gasteiger partial charge in [-0.05, 0) is 12.1 Å². The number of halogens is 1. The molecule has 2 rings (SSSR count). The average Bonchev–Trinajstić information content (AvgIpc) is 2.83. The highest BCUT2D eigenvalue weighted by molar-refractivity contribution is 6.36. The molecule has 0 saturated heterocycles. The highest BCUT2D eigenvalue weighted by Crippen LogP contribution is 2.25. The Balaban J connectivity index is 2.78. The van der Waals surface area contributed by atoms with Crippen LogP contribution in [0.4, 0.5) is 4.39 Å². The Kier molecular flexibility index (Phi) is 2.93. The van der Waals surface area contributed by atoms with E-state index in [4.69, 9.17) is 0 Å². The smallest absolute Gasteiger partial charge is 0.253 e. The Labute approximate surface area is 101 Å². The van der Waals surface area contributed by atoms with Crippen molar-refractivity contribution in [2.24, 2.45) is 0 Å². The van der Waals surface area contributed by atoms with E-state index >= 15 is 0 Å². The number of hydrogen-bond acceptors (Lipinski definition) is 3. The van der Waals surface area contributed by atoms with Crippen LogP contribution in [0.2, 0.25) is 0 Å². The molecule has 1 amide bonds. The van der Waals surface area contributed by atoms with Gasteiger partial charge in [-0.1, -0.05) is 0 Å². The van der Waals surface area contributed by atoms with Gasteiger partial charge in [-0.25, -0.2) is 4.39 Å². The lowest BCUT2D eigenvalue weighted by Crippen LogP contribution is -2.18. The van der Waals surface area contributed by atoms with Gasteiger partial charge in [0.15, 0.2) is 6.29 Å². The minimum Gasteiger partial charge on any atom is -0.360 e. The molecule has 0 aliphatic heterocycles. The molecule has 1 aromatic carbocycles. The van der Waals surface area contributed by atoms with Crippen LogP contribution in [0.3, 0.4) is 0 Å². The largest absolute Gasteiger partial charge is 0.360 e. The number of H-pyrrole nitrogens is 1. The molecule has 18 heavy (non-hydrogen) atoms. The second-order valence-electron chi connectivity index (χ2n) is 3.61. The van der Waals surface area contributed by atoms with Crippen LogP contribution in [0.25, 0.3) is 10.9 Å². The standard InChI is InChI=1S/C12H9FN2O3/c1-14-12(18)6-2-3-8(13)10-7(9(17)5-16)4-15-11(6)10/h2-5,15H,1H3,(H,14,18). The van der Waals surface area contributed by atoms with E-state index in [0.29, 0.717) is 0 Å². The van der Waals surface area contributed by atoms with E-state index < -0.39 is 17.5 Å². The highest BCUT2D eigenvalue weighted by Gasteiger charge is 2.19. The molecule has 0 unspecified atom stereocenters. The number of hydrogen-bond donors (Lipinski definition) is 2. The van der Waals surface area contributed by atoms with E-state index in [9.17, 15) is 18.8 Å². The molecule has 0 aliphatic rings. The molecule has 2 N–H and O–H groups in total. The van der Waals surface area contributed by atoms with Crippen LogP contribution in [-0.2, 0) is 4.79 Å². The van der Waals surface area contributed by atoms with Crippen LogP contribution in [0.1, 0.15) is 20.7 Å². The van der Waals surface area contributed by atoms with Crippen LogP contribution < -0.4 is 5.32 Å². The lowest BCUT2D eigenvalue weighted by Gasteiger charge is -2.03. The number of aromatic nitrogens is 1. The maximum Gasteiger partial charge on any atom is 0.253 e. The van der Waals surface area contributed by atoms with Crippen LogP contribution in [0.15, 0.2) is 18.3 Å². The zero-order valence-corrected chi connectivity index (χ0v) is 9.41. The summed E-state index contributed by atoms with van der Waals surface area (Å²) in [5, 5.41) is 2.36. The predicted molar refractivity (Wildman–Crippen MR) is 62.0 cm³/mol. The molecule has 0 radical (unpaired) electrons. The number of nitrogens with one attached hydrogen (secondary N) is 2. The van der Waals surface area contributed by atoms with Gasteiger partial charge in [0.2, 0.25) is 5.78 Å². The van der Waals surface area contributed by atoms with Gasteiger partial charge in [0, 0.05) is 18.6 Å². The second-order valence-corrected chi connectivity index (χ2v) is 3.61. The number of benzene rings is 1. The molecule has 5 nitrogen and oxygen atoms in total. The number of aldehydes is 1. The topological polar surface area (TPSA) is 79.0 Å². The SMILES string of the molecule is CNC(=O)c1ccc(F)c2c(C(=O)C=O)c[nH]c12. The minimum atomic E-state index is -0.839. The third-order valence-electron chi connectivity index (χ3n) is 2.63. The number of carbonyl (C=O) groups excluding carboxylic acids is 3. The first-order valence-corrected chi connectivity index (χ1v) is 5.11. The number of fused-ring (bicyclic) bond motifs is 1. The number of aromatic amines is 1. The van der Waals surface area contributed by atoms with E-state index in [2.05, 4.69) is 10.3 Å². The van der Waals surface area contributed by atoms with Gasteiger partial charge < -0.3 is 10.3 Å². The van der Waals surface area contributed by atoms with Gasteiger partial charge in [0.1, 0.15) is 5.82 Å². The third kappa shape index (κ3) is 1.67. The molecule has 0 fully saturated rings. The van der Waals surface area contributed by atoms with Gasteiger partial charge in [0.25, 0.3) is 5.91 Å². The van der Waals surface area contributed by atoms with Crippen molar-refractivity contribution >= 4 is 28.9 Å². The van der Waals surface area contributed by atoms with Gasteiger partial charge in [-0.15, -0.1) is 0 Å². The highest BCUT2D eigenvalue weighted by atomic mass is 19.1. The maximum absolute atomic E-state index is 13.7. The Morgan fingerprint density at radius 3 is 2.67 bits per heavy atom. The molecule has 0 aliphatic carbocycles. The van der Waals surface area contributed by atoms with Crippen molar-refractivity contribution in [1.29, 1.82) is 0 Å². The molecule has 0 saturated carbocycles. The Morgan fingerprint density at radius 1 is 1.33 bits per heavy atom. The number of Topliss-reactive ketones (excluding diaryl/α,β-unsaturated/α-hetero) is 1. The fourth-order valence-corrected chi connectivity index (χ4v) is 1.79. The van der Waals surface area contributed by atoms with Crippen molar-refractivity contribution in [3.05, 3.63) is 35.3 Å². The first kappa shape index (κ1) is 12.0. The van der Waals surface area contributed by atoms with Crippen molar-refractivity contribution in [3.8, 4) is 0 Å².